The molecule has 0 aromatic heterocycles. The van der Waals surface area contributed by atoms with Crippen LogP contribution in [0.25, 0.3) is 0 Å². The van der Waals surface area contributed by atoms with E-state index in [1.165, 1.54) is 0 Å². The van der Waals surface area contributed by atoms with Crippen LogP contribution in [0.2, 0.25) is 0 Å². The van der Waals surface area contributed by atoms with Crippen molar-refractivity contribution in [1.29, 1.82) is 0 Å². The summed E-state index contributed by atoms with van der Waals surface area (Å²) in [6, 6.07) is -0.0238. The molecule has 0 spiro atoms. The summed E-state index contributed by atoms with van der Waals surface area (Å²) in [5.74, 6) is 1.17. The van der Waals surface area contributed by atoms with Gasteiger partial charge >= 0.3 is 0 Å². The SMILES string of the molecule is CC(C)CCCOCC(O)CNC1CCCS(=O)(=O)C1. The van der Waals surface area contributed by atoms with Gasteiger partial charge in [-0.3, -0.25) is 0 Å². The Kier molecular flexibility index (Phi) is 8.02. The number of aliphatic hydroxyl groups excluding tert-OH is 1. The summed E-state index contributed by atoms with van der Waals surface area (Å²) in [5.41, 5.74) is 0. The maximum atomic E-state index is 11.5. The Hall–Kier alpha value is -0.170. The third kappa shape index (κ3) is 8.19. The van der Waals surface area contributed by atoms with Crippen LogP contribution in [0.3, 0.4) is 0 Å². The maximum absolute atomic E-state index is 11.5. The molecule has 2 atom stereocenters. The van der Waals surface area contributed by atoms with Crippen molar-refractivity contribution in [2.24, 2.45) is 5.92 Å². The number of sulfone groups is 1. The van der Waals surface area contributed by atoms with E-state index in [9.17, 15) is 13.5 Å². The highest BCUT2D eigenvalue weighted by Gasteiger charge is 2.24. The van der Waals surface area contributed by atoms with E-state index in [2.05, 4.69) is 19.2 Å². The first-order chi connectivity index (χ1) is 9.39. The maximum Gasteiger partial charge on any atom is 0.151 e. The molecule has 1 fully saturated rings. The predicted molar refractivity (Wildman–Crippen MR) is 80.6 cm³/mol. The number of hydrogen-bond donors (Lipinski definition) is 2. The van der Waals surface area contributed by atoms with Crippen LogP contribution < -0.4 is 5.32 Å². The molecular formula is C14H29NO4S. The van der Waals surface area contributed by atoms with Crippen LogP contribution in [0, 0.1) is 5.92 Å². The van der Waals surface area contributed by atoms with Gasteiger partial charge in [0.25, 0.3) is 0 Å². The molecular weight excluding hydrogens is 278 g/mol. The summed E-state index contributed by atoms with van der Waals surface area (Å²) in [4.78, 5) is 0. The second-order valence-corrected chi connectivity index (χ2v) is 8.36. The largest absolute Gasteiger partial charge is 0.389 e. The van der Waals surface area contributed by atoms with E-state index in [0.29, 0.717) is 37.9 Å². The van der Waals surface area contributed by atoms with E-state index in [1.54, 1.807) is 0 Å². The summed E-state index contributed by atoms with van der Waals surface area (Å²) < 4.78 is 28.4. The fourth-order valence-electron chi connectivity index (χ4n) is 2.36. The van der Waals surface area contributed by atoms with E-state index in [-0.39, 0.29) is 11.8 Å². The third-order valence-electron chi connectivity index (χ3n) is 3.49. The minimum Gasteiger partial charge on any atom is -0.389 e. The van der Waals surface area contributed by atoms with Crippen molar-refractivity contribution in [2.45, 2.75) is 51.7 Å². The van der Waals surface area contributed by atoms with Gasteiger partial charge < -0.3 is 15.2 Å². The molecule has 2 unspecified atom stereocenters. The van der Waals surface area contributed by atoms with Gasteiger partial charge in [0.15, 0.2) is 9.84 Å². The first-order valence-corrected chi connectivity index (χ1v) is 9.41. The quantitative estimate of drug-likeness (QED) is 0.621. The first kappa shape index (κ1) is 17.9. The van der Waals surface area contributed by atoms with Gasteiger partial charge in [-0.05, 0) is 31.6 Å². The van der Waals surface area contributed by atoms with E-state index < -0.39 is 15.9 Å². The summed E-state index contributed by atoms with van der Waals surface area (Å²) in [5, 5.41) is 12.9. The zero-order valence-electron chi connectivity index (χ0n) is 12.7. The zero-order chi connectivity index (χ0) is 15.0. The van der Waals surface area contributed by atoms with Gasteiger partial charge in [-0.2, -0.15) is 0 Å². The second-order valence-electron chi connectivity index (χ2n) is 6.13. The highest BCUT2D eigenvalue weighted by Crippen LogP contribution is 2.11. The van der Waals surface area contributed by atoms with Gasteiger partial charge in [0.1, 0.15) is 0 Å². The molecule has 0 bridgehead atoms. The van der Waals surface area contributed by atoms with E-state index in [0.717, 1.165) is 19.3 Å². The van der Waals surface area contributed by atoms with Crippen LogP contribution in [-0.4, -0.2) is 56.9 Å². The van der Waals surface area contributed by atoms with Crippen LogP contribution >= 0.6 is 0 Å². The van der Waals surface area contributed by atoms with E-state index >= 15 is 0 Å². The number of hydrogen-bond acceptors (Lipinski definition) is 5. The standard InChI is InChI=1S/C14H29NO4S/c1-12(2)5-3-7-19-10-14(16)9-15-13-6-4-8-20(17,18)11-13/h12-16H,3-11H2,1-2H3. The molecule has 20 heavy (non-hydrogen) atoms. The smallest absolute Gasteiger partial charge is 0.151 e. The van der Waals surface area contributed by atoms with Gasteiger partial charge in [0, 0.05) is 19.2 Å². The highest BCUT2D eigenvalue weighted by atomic mass is 32.2. The molecule has 0 amide bonds. The molecule has 1 saturated heterocycles. The first-order valence-electron chi connectivity index (χ1n) is 7.58. The van der Waals surface area contributed by atoms with Gasteiger partial charge in [0.05, 0.1) is 24.2 Å². The van der Waals surface area contributed by atoms with E-state index in [4.69, 9.17) is 4.74 Å². The molecule has 0 aromatic carbocycles. The fourth-order valence-corrected chi connectivity index (χ4v) is 4.03. The topological polar surface area (TPSA) is 75.6 Å². The molecule has 0 aromatic rings. The lowest BCUT2D eigenvalue weighted by Gasteiger charge is -2.24. The van der Waals surface area contributed by atoms with Crippen molar-refractivity contribution in [3.05, 3.63) is 0 Å². The molecule has 0 saturated carbocycles. The fraction of sp³-hybridized carbons (Fsp3) is 1.00. The summed E-state index contributed by atoms with van der Waals surface area (Å²) in [6.07, 6.45) is 3.15. The number of rotatable bonds is 9. The average molecular weight is 307 g/mol. The minimum absolute atomic E-state index is 0.0238. The molecule has 1 heterocycles. The molecule has 1 aliphatic heterocycles. The number of aliphatic hydroxyl groups is 1. The Morgan fingerprint density at radius 3 is 2.80 bits per heavy atom. The second kappa shape index (κ2) is 8.97. The van der Waals surface area contributed by atoms with Gasteiger partial charge in [-0.15, -0.1) is 0 Å². The van der Waals surface area contributed by atoms with Crippen molar-refractivity contribution in [2.75, 3.05) is 31.3 Å². The van der Waals surface area contributed by atoms with Crippen molar-refractivity contribution in [3.8, 4) is 0 Å². The van der Waals surface area contributed by atoms with Gasteiger partial charge in [0.2, 0.25) is 0 Å². The lowest BCUT2D eigenvalue weighted by molar-refractivity contribution is 0.0336. The van der Waals surface area contributed by atoms with Crippen molar-refractivity contribution in [3.63, 3.8) is 0 Å². The van der Waals surface area contributed by atoms with Crippen LogP contribution in [0.1, 0.15) is 39.5 Å². The molecule has 1 aliphatic rings. The molecule has 120 valence electrons. The molecule has 0 aliphatic carbocycles. The number of ether oxygens (including phenoxy) is 1. The van der Waals surface area contributed by atoms with Gasteiger partial charge in [-0.1, -0.05) is 13.8 Å². The average Bonchev–Trinajstić information content (AvgIpc) is 2.34. The summed E-state index contributed by atoms with van der Waals surface area (Å²) in [7, 11) is -2.89. The Bertz CT molecular complexity index is 356. The Morgan fingerprint density at radius 2 is 2.15 bits per heavy atom. The summed E-state index contributed by atoms with van der Waals surface area (Å²) in [6.45, 7) is 5.73. The zero-order valence-corrected chi connectivity index (χ0v) is 13.5. The minimum atomic E-state index is -2.89. The van der Waals surface area contributed by atoms with Crippen LogP contribution in [0.4, 0.5) is 0 Å². The summed E-state index contributed by atoms with van der Waals surface area (Å²) >= 11 is 0. The third-order valence-corrected chi connectivity index (χ3v) is 5.31. The molecule has 2 N–H and O–H groups in total. The monoisotopic (exact) mass is 307 g/mol. The normalized spacial score (nSPS) is 23.9. The van der Waals surface area contributed by atoms with Crippen LogP contribution in [0.15, 0.2) is 0 Å². The van der Waals surface area contributed by atoms with Crippen molar-refractivity contribution < 1.29 is 18.3 Å². The Morgan fingerprint density at radius 1 is 1.40 bits per heavy atom. The lowest BCUT2D eigenvalue weighted by atomic mass is 10.1. The molecule has 6 heteroatoms. The Balaban J connectivity index is 2.06. The van der Waals surface area contributed by atoms with E-state index in [1.807, 2.05) is 0 Å². The van der Waals surface area contributed by atoms with Crippen LogP contribution in [0.5, 0.6) is 0 Å². The molecule has 1 rings (SSSR count). The lowest BCUT2D eigenvalue weighted by Crippen LogP contribution is -2.44. The van der Waals surface area contributed by atoms with Crippen molar-refractivity contribution >= 4 is 9.84 Å². The number of nitrogens with one attached hydrogen (secondary N) is 1. The molecule has 5 nitrogen and oxygen atoms in total. The van der Waals surface area contributed by atoms with Crippen molar-refractivity contribution in [1.82, 2.24) is 5.32 Å². The highest BCUT2D eigenvalue weighted by molar-refractivity contribution is 7.91. The predicted octanol–water partition coefficient (Wildman–Crippen LogP) is 0.967. The van der Waals surface area contributed by atoms with Gasteiger partial charge in [-0.25, -0.2) is 8.42 Å². The molecule has 0 radical (unpaired) electrons. The Labute approximate surface area is 123 Å². The van der Waals surface area contributed by atoms with Crippen LogP contribution in [-0.2, 0) is 14.6 Å².